The number of rotatable bonds is 4. The maximum absolute atomic E-state index is 14.2. The van der Waals surface area contributed by atoms with Gasteiger partial charge in [0.25, 0.3) is 0 Å². The number of fused-ring (bicyclic) bond motifs is 3. The first-order chi connectivity index (χ1) is 13.0. The van der Waals surface area contributed by atoms with E-state index in [1.54, 1.807) is 16.9 Å². The summed E-state index contributed by atoms with van der Waals surface area (Å²) in [6.45, 7) is 6.80. The molecule has 0 radical (unpaired) electrons. The van der Waals surface area contributed by atoms with Crippen molar-refractivity contribution >= 4 is 22.8 Å². The van der Waals surface area contributed by atoms with Crippen LogP contribution in [0.15, 0.2) is 30.7 Å². The third-order valence-electron chi connectivity index (χ3n) is 5.25. The van der Waals surface area contributed by atoms with E-state index in [4.69, 9.17) is 15.1 Å². The predicted octanol–water partition coefficient (Wildman–Crippen LogP) is 3.16. The highest BCUT2D eigenvalue weighted by atomic mass is 19.1. The van der Waals surface area contributed by atoms with Gasteiger partial charge in [-0.1, -0.05) is 6.58 Å². The molecule has 0 amide bonds. The van der Waals surface area contributed by atoms with Gasteiger partial charge in [-0.15, -0.1) is 5.10 Å². The van der Waals surface area contributed by atoms with Gasteiger partial charge in [0.05, 0.1) is 12.6 Å². The normalized spacial score (nSPS) is 20.2. The highest BCUT2D eigenvalue weighted by Gasteiger charge is 2.29. The van der Waals surface area contributed by atoms with Crippen molar-refractivity contribution in [1.82, 2.24) is 24.5 Å². The molecule has 1 aliphatic heterocycles. The van der Waals surface area contributed by atoms with Crippen LogP contribution in [-0.2, 0) is 0 Å². The van der Waals surface area contributed by atoms with Crippen LogP contribution >= 0.6 is 0 Å². The average molecular weight is 368 g/mol. The van der Waals surface area contributed by atoms with Crippen molar-refractivity contribution in [1.29, 1.82) is 5.41 Å². The predicted molar refractivity (Wildman–Crippen MR) is 101 cm³/mol. The third kappa shape index (κ3) is 2.90. The molecule has 2 unspecified atom stereocenters. The standard InChI is InChI=1S/C19H21FN6O/c1-11-4-5-13(9-25(11)12(2)8-21)18-23-19-14-6-15(20)17(27-3)7-16(14)22-10-26(19)24-18/h6-8,10-11,13,21H,2,4-5,9H2,1,3H3. The van der Waals surface area contributed by atoms with Gasteiger partial charge >= 0.3 is 0 Å². The van der Waals surface area contributed by atoms with Gasteiger partial charge in [0.1, 0.15) is 6.33 Å². The lowest BCUT2D eigenvalue weighted by Crippen LogP contribution is -2.40. The second-order valence-electron chi connectivity index (χ2n) is 6.90. The highest BCUT2D eigenvalue weighted by molar-refractivity contribution is 5.91. The second-order valence-corrected chi connectivity index (χ2v) is 6.90. The zero-order chi connectivity index (χ0) is 19.1. The van der Waals surface area contributed by atoms with Gasteiger partial charge in [-0.3, -0.25) is 0 Å². The zero-order valence-electron chi connectivity index (χ0n) is 15.3. The molecule has 1 fully saturated rings. The van der Waals surface area contributed by atoms with Crippen molar-refractivity contribution in [3.8, 4) is 5.75 Å². The van der Waals surface area contributed by atoms with Crippen LogP contribution in [0, 0.1) is 11.2 Å². The molecule has 1 aromatic carbocycles. The van der Waals surface area contributed by atoms with Gasteiger partial charge in [0, 0.05) is 41.9 Å². The summed E-state index contributed by atoms with van der Waals surface area (Å²) >= 11 is 0. The summed E-state index contributed by atoms with van der Waals surface area (Å²) in [7, 11) is 1.43. The van der Waals surface area contributed by atoms with Gasteiger partial charge in [-0.05, 0) is 25.8 Å². The highest BCUT2D eigenvalue weighted by Crippen LogP contribution is 2.31. The average Bonchev–Trinajstić information content (AvgIpc) is 3.12. The molecule has 1 saturated heterocycles. The zero-order valence-corrected chi connectivity index (χ0v) is 15.3. The Balaban J connectivity index is 1.75. The van der Waals surface area contributed by atoms with E-state index in [0.717, 1.165) is 12.8 Å². The monoisotopic (exact) mass is 368 g/mol. The number of hydrogen-bond acceptors (Lipinski definition) is 6. The van der Waals surface area contributed by atoms with Crippen LogP contribution in [0.5, 0.6) is 5.75 Å². The van der Waals surface area contributed by atoms with Gasteiger partial charge in [-0.25, -0.2) is 18.9 Å². The number of likely N-dealkylation sites (tertiary alicyclic amines) is 1. The molecule has 2 aromatic heterocycles. The Kier molecular flexibility index (Phi) is 4.25. The Labute approximate surface area is 156 Å². The fourth-order valence-electron chi connectivity index (χ4n) is 3.68. The van der Waals surface area contributed by atoms with Gasteiger partial charge in [-0.2, -0.15) is 0 Å². The maximum Gasteiger partial charge on any atom is 0.166 e. The first kappa shape index (κ1) is 17.4. The number of ether oxygens (including phenoxy) is 1. The number of aromatic nitrogens is 4. The minimum Gasteiger partial charge on any atom is -0.494 e. The van der Waals surface area contributed by atoms with Crippen molar-refractivity contribution in [2.45, 2.75) is 31.7 Å². The van der Waals surface area contributed by atoms with E-state index in [-0.39, 0.29) is 11.7 Å². The summed E-state index contributed by atoms with van der Waals surface area (Å²) in [6.07, 6.45) is 4.79. The summed E-state index contributed by atoms with van der Waals surface area (Å²) in [4.78, 5) is 11.2. The van der Waals surface area contributed by atoms with Crippen LogP contribution in [-0.4, -0.2) is 50.4 Å². The van der Waals surface area contributed by atoms with Crippen LogP contribution in [0.25, 0.3) is 16.6 Å². The van der Waals surface area contributed by atoms with Crippen LogP contribution in [0.1, 0.15) is 31.5 Å². The van der Waals surface area contributed by atoms with E-state index in [9.17, 15) is 4.39 Å². The van der Waals surface area contributed by atoms with E-state index in [1.165, 1.54) is 19.4 Å². The largest absolute Gasteiger partial charge is 0.494 e. The molecule has 7 nitrogen and oxygen atoms in total. The van der Waals surface area contributed by atoms with Crippen LogP contribution in [0.2, 0.25) is 0 Å². The number of nitrogens with zero attached hydrogens (tertiary/aromatic N) is 5. The summed E-state index contributed by atoms with van der Waals surface area (Å²) in [5.41, 5.74) is 1.88. The minimum atomic E-state index is -0.454. The lowest BCUT2D eigenvalue weighted by molar-refractivity contribution is 0.195. The first-order valence-corrected chi connectivity index (χ1v) is 8.86. The summed E-state index contributed by atoms with van der Waals surface area (Å²) in [5.74, 6) is 0.525. The summed E-state index contributed by atoms with van der Waals surface area (Å²) in [6, 6.07) is 3.29. The molecule has 4 rings (SSSR count). The van der Waals surface area contributed by atoms with Crippen LogP contribution in [0.4, 0.5) is 4.39 Å². The Bertz CT molecular complexity index is 1050. The molecule has 2 atom stereocenters. The van der Waals surface area contributed by atoms with E-state index < -0.39 is 5.82 Å². The lowest BCUT2D eigenvalue weighted by atomic mass is 9.92. The van der Waals surface area contributed by atoms with Crippen molar-refractivity contribution < 1.29 is 9.13 Å². The third-order valence-corrected chi connectivity index (χ3v) is 5.25. The second kappa shape index (κ2) is 6.61. The summed E-state index contributed by atoms with van der Waals surface area (Å²) < 4.78 is 20.8. The topological polar surface area (TPSA) is 79.4 Å². The van der Waals surface area contributed by atoms with Gasteiger partial charge in [0.15, 0.2) is 23.0 Å². The van der Waals surface area contributed by atoms with E-state index >= 15 is 0 Å². The Hall–Kier alpha value is -3.03. The molecule has 1 aliphatic rings. The number of nitrogens with one attached hydrogen (secondary N) is 1. The molecular formula is C19H21FN6O. The van der Waals surface area contributed by atoms with Crippen LogP contribution in [0.3, 0.4) is 0 Å². The van der Waals surface area contributed by atoms with Crippen molar-refractivity contribution in [3.05, 3.63) is 42.4 Å². The Morgan fingerprint density at radius 3 is 2.96 bits per heavy atom. The van der Waals surface area contributed by atoms with Gasteiger partial charge in [0.2, 0.25) is 0 Å². The van der Waals surface area contributed by atoms with Crippen molar-refractivity contribution in [3.63, 3.8) is 0 Å². The molecule has 0 saturated carbocycles. The van der Waals surface area contributed by atoms with Crippen molar-refractivity contribution in [2.75, 3.05) is 13.7 Å². The molecule has 27 heavy (non-hydrogen) atoms. The number of piperidine rings is 1. The smallest absolute Gasteiger partial charge is 0.166 e. The molecule has 140 valence electrons. The molecular weight excluding hydrogens is 347 g/mol. The molecule has 0 bridgehead atoms. The van der Waals surface area contributed by atoms with E-state index in [2.05, 4.69) is 28.5 Å². The lowest BCUT2D eigenvalue weighted by Gasteiger charge is -2.38. The first-order valence-electron chi connectivity index (χ1n) is 8.86. The number of benzene rings is 1. The fraction of sp³-hybridized carbons (Fsp3) is 0.368. The SMILES string of the molecule is C=C(C=N)N1CC(c2nc3c4cc(F)c(OC)cc4ncn3n2)CCC1C. The quantitative estimate of drug-likeness (QED) is 0.716. The number of methoxy groups -OCH3 is 1. The molecule has 1 N–H and O–H groups in total. The molecule has 8 heteroatoms. The van der Waals surface area contributed by atoms with E-state index in [0.29, 0.717) is 40.7 Å². The number of hydrogen-bond donors (Lipinski definition) is 1. The van der Waals surface area contributed by atoms with Crippen molar-refractivity contribution in [2.24, 2.45) is 0 Å². The molecule has 3 heterocycles. The Morgan fingerprint density at radius 2 is 2.22 bits per heavy atom. The minimum absolute atomic E-state index is 0.121. The number of halogens is 1. The molecule has 0 spiro atoms. The Morgan fingerprint density at radius 1 is 1.41 bits per heavy atom. The molecule has 3 aromatic rings. The van der Waals surface area contributed by atoms with E-state index in [1.807, 2.05) is 0 Å². The maximum atomic E-state index is 14.2. The van der Waals surface area contributed by atoms with Gasteiger partial charge < -0.3 is 15.0 Å². The molecule has 0 aliphatic carbocycles. The summed E-state index contributed by atoms with van der Waals surface area (Å²) in [5, 5.41) is 12.7. The number of allylic oxidation sites excluding steroid dienone is 1. The van der Waals surface area contributed by atoms with Crippen LogP contribution < -0.4 is 4.74 Å². The fourth-order valence-corrected chi connectivity index (χ4v) is 3.68.